The van der Waals surface area contributed by atoms with E-state index in [1.807, 2.05) is 20.8 Å². The molecule has 1 aliphatic rings. The molecule has 1 unspecified atom stereocenters. The number of allylic oxidation sites excluding steroid dienone is 2. The van der Waals surface area contributed by atoms with Gasteiger partial charge in [-0.05, 0) is 73.1 Å². The summed E-state index contributed by atoms with van der Waals surface area (Å²) in [6.07, 6.45) is 2.15. The Hall–Kier alpha value is -3.71. The number of carbonyl (C=O) groups excluding carboxylic acids is 2. The van der Waals surface area contributed by atoms with E-state index in [4.69, 9.17) is 0 Å². The number of aryl methyl sites for hydroxylation is 3. The van der Waals surface area contributed by atoms with Crippen LogP contribution >= 0.6 is 0 Å². The average molecular weight is 546 g/mol. The Labute approximate surface area is 230 Å². The van der Waals surface area contributed by atoms with Crippen molar-refractivity contribution < 1.29 is 23.1 Å². The monoisotopic (exact) mass is 545 g/mol. The zero-order valence-electron chi connectivity index (χ0n) is 22.7. The minimum absolute atomic E-state index is 0.0386. The molecule has 0 fully saturated rings. The lowest BCUT2D eigenvalue weighted by Gasteiger charge is -2.26. The van der Waals surface area contributed by atoms with Crippen LogP contribution in [-0.4, -0.2) is 31.0 Å². The van der Waals surface area contributed by atoms with Gasteiger partial charge in [-0.25, -0.2) is 8.42 Å². The van der Waals surface area contributed by atoms with Gasteiger partial charge in [-0.1, -0.05) is 61.9 Å². The first-order chi connectivity index (χ1) is 18.6. The van der Waals surface area contributed by atoms with Gasteiger partial charge in [0, 0.05) is 18.4 Å². The molecular formula is C32H35NO5S. The molecule has 39 heavy (non-hydrogen) atoms. The van der Waals surface area contributed by atoms with Crippen molar-refractivity contribution >= 4 is 32.8 Å². The fourth-order valence-electron chi connectivity index (χ4n) is 5.34. The van der Waals surface area contributed by atoms with Crippen LogP contribution in [0.15, 0.2) is 77.4 Å². The summed E-state index contributed by atoms with van der Waals surface area (Å²) in [4.78, 5) is 26.0. The molecule has 4 rings (SSSR count). The first kappa shape index (κ1) is 28.3. The summed E-state index contributed by atoms with van der Waals surface area (Å²) in [5.41, 5.74) is 5.07. The van der Waals surface area contributed by atoms with Gasteiger partial charge in [0.25, 0.3) is 5.91 Å². The number of anilines is 1. The molecule has 6 nitrogen and oxygen atoms in total. The van der Waals surface area contributed by atoms with Gasteiger partial charge in [-0.15, -0.1) is 0 Å². The van der Waals surface area contributed by atoms with E-state index < -0.39 is 15.7 Å². The highest BCUT2D eigenvalue weighted by Gasteiger charge is 2.32. The van der Waals surface area contributed by atoms with Crippen LogP contribution in [0.4, 0.5) is 5.69 Å². The SMILES string of the molecule is CCc1cc(C)cc(CC)c1C1=C(O)CC(CCS(=O)(=O)c2ccccc2NC(=O)c2ccccc2)CC1=O. The van der Waals surface area contributed by atoms with Crippen LogP contribution in [0.5, 0.6) is 0 Å². The molecule has 204 valence electrons. The van der Waals surface area contributed by atoms with Crippen LogP contribution in [0, 0.1) is 12.8 Å². The van der Waals surface area contributed by atoms with Gasteiger partial charge in [0.05, 0.1) is 21.9 Å². The molecule has 7 heteroatoms. The number of para-hydroxylation sites is 1. The van der Waals surface area contributed by atoms with Crippen LogP contribution in [0.3, 0.4) is 0 Å². The number of benzene rings is 3. The molecule has 0 saturated heterocycles. The zero-order chi connectivity index (χ0) is 28.2. The number of rotatable bonds is 9. The second-order valence-corrected chi connectivity index (χ2v) is 12.2. The van der Waals surface area contributed by atoms with E-state index in [9.17, 15) is 23.1 Å². The summed E-state index contributed by atoms with van der Waals surface area (Å²) in [6.45, 7) is 6.10. The van der Waals surface area contributed by atoms with Crippen LogP contribution in [0.25, 0.3) is 5.57 Å². The Morgan fingerprint density at radius 3 is 2.18 bits per heavy atom. The summed E-state index contributed by atoms with van der Waals surface area (Å²) in [6, 6.07) is 19.1. The highest BCUT2D eigenvalue weighted by Crippen LogP contribution is 2.38. The van der Waals surface area contributed by atoms with Crippen molar-refractivity contribution in [2.75, 3.05) is 11.1 Å². The summed E-state index contributed by atoms with van der Waals surface area (Å²) >= 11 is 0. The number of aliphatic hydroxyl groups is 1. The largest absolute Gasteiger partial charge is 0.512 e. The molecule has 0 radical (unpaired) electrons. The van der Waals surface area contributed by atoms with Crippen LogP contribution < -0.4 is 5.32 Å². The second kappa shape index (κ2) is 12.0. The van der Waals surface area contributed by atoms with E-state index in [-0.39, 0.29) is 53.1 Å². The van der Waals surface area contributed by atoms with Gasteiger partial charge in [0.2, 0.25) is 0 Å². The number of carbonyl (C=O) groups is 2. The quantitative estimate of drug-likeness (QED) is 0.320. The lowest BCUT2D eigenvalue weighted by atomic mass is 9.79. The van der Waals surface area contributed by atoms with Crippen molar-refractivity contribution in [2.45, 2.75) is 57.8 Å². The van der Waals surface area contributed by atoms with Crippen molar-refractivity contribution in [3.05, 3.63) is 100 Å². The van der Waals surface area contributed by atoms with E-state index in [0.717, 1.165) is 35.1 Å². The molecule has 1 aliphatic carbocycles. The van der Waals surface area contributed by atoms with Crippen LogP contribution in [0.2, 0.25) is 0 Å². The van der Waals surface area contributed by atoms with E-state index in [2.05, 4.69) is 17.4 Å². The highest BCUT2D eigenvalue weighted by molar-refractivity contribution is 7.91. The lowest BCUT2D eigenvalue weighted by molar-refractivity contribution is -0.115. The Morgan fingerprint density at radius 2 is 1.56 bits per heavy atom. The first-order valence-corrected chi connectivity index (χ1v) is 15.1. The third kappa shape index (κ3) is 6.31. The fourth-order valence-corrected chi connectivity index (χ4v) is 6.94. The van der Waals surface area contributed by atoms with Crippen molar-refractivity contribution in [1.82, 2.24) is 0 Å². The third-order valence-corrected chi connectivity index (χ3v) is 9.08. The molecular weight excluding hydrogens is 510 g/mol. The van der Waals surface area contributed by atoms with Crippen molar-refractivity contribution in [2.24, 2.45) is 5.92 Å². The number of aliphatic hydroxyl groups excluding tert-OH is 1. The van der Waals surface area contributed by atoms with Gasteiger partial charge in [0.1, 0.15) is 5.76 Å². The highest BCUT2D eigenvalue weighted by atomic mass is 32.2. The molecule has 0 spiro atoms. The Bertz CT molecular complexity index is 1500. The number of amides is 1. The first-order valence-electron chi connectivity index (χ1n) is 13.4. The molecule has 0 aromatic heterocycles. The van der Waals surface area contributed by atoms with E-state index in [1.54, 1.807) is 48.5 Å². The summed E-state index contributed by atoms with van der Waals surface area (Å²) in [5, 5.41) is 13.7. The molecule has 2 N–H and O–H groups in total. The lowest BCUT2D eigenvalue weighted by Crippen LogP contribution is -2.23. The molecule has 3 aromatic rings. The number of ketones is 1. The van der Waals surface area contributed by atoms with Gasteiger partial charge in [0.15, 0.2) is 15.6 Å². The smallest absolute Gasteiger partial charge is 0.255 e. The molecule has 0 aliphatic heterocycles. The molecule has 0 saturated carbocycles. The van der Waals surface area contributed by atoms with E-state index >= 15 is 0 Å². The van der Waals surface area contributed by atoms with Crippen molar-refractivity contribution in [3.63, 3.8) is 0 Å². The normalized spacial score (nSPS) is 15.9. The van der Waals surface area contributed by atoms with Gasteiger partial charge >= 0.3 is 0 Å². The van der Waals surface area contributed by atoms with Gasteiger partial charge in [-0.3, -0.25) is 9.59 Å². The minimum Gasteiger partial charge on any atom is -0.512 e. The predicted octanol–water partition coefficient (Wildman–Crippen LogP) is 6.48. The minimum atomic E-state index is -3.77. The summed E-state index contributed by atoms with van der Waals surface area (Å²) in [5.74, 6) is -0.991. The molecule has 3 aromatic carbocycles. The maximum Gasteiger partial charge on any atom is 0.255 e. The molecule has 0 bridgehead atoms. The number of hydrogen-bond acceptors (Lipinski definition) is 5. The summed E-state index contributed by atoms with van der Waals surface area (Å²) in [7, 11) is -3.77. The molecule has 1 amide bonds. The van der Waals surface area contributed by atoms with E-state index in [1.165, 1.54) is 6.07 Å². The standard InChI is InChI=1S/C32H35NO5S/c1-4-23-17-21(3)18-24(5-2)30(23)31-27(34)19-22(20-28(31)35)15-16-39(37,38)29-14-10-9-13-26(29)33-32(36)25-11-7-6-8-12-25/h6-14,17-18,22,34H,4-5,15-16,19-20H2,1-3H3,(H,33,36). The van der Waals surface area contributed by atoms with Gasteiger partial charge < -0.3 is 10.4 Å². The number of nitrogens with one attached hydrogen (secondary N) is 1. The Kier molecular flexibility index (Phi) is 8.70. The van der Waals surface area contributed by atoms with E-state index in [0.29, 0.717) is 11.1 Å². The number of Topliss-reactive ketones (excluding diaryl/α,β-unsaturated/α-hetero) is 1. The molecule has 1 atom stereocenters. The fraction of sp³-hybridized carbons (Fsp3) is 0.312. The van der Waals surface area contributed by atoms with Crippen LogP contribution in [0.1, 0.15) is 65.7 Å². The molecule has 0 heterocycles. The zero-order valence-corrected chi connectivity index (χ0v) is 23.5. The third-order valence-electron chi connectivity index (χ3n) is 7.28. The van der Waals surface area contributed by atoms with Crippen LogP contribution in [-0.2, 0) is 27.5 Å². The van der Waals surface area contributed by atoms with Crippen molar-refractivity contribution in [1.29, 1.82) is 0 Å². The van der Waals surface area contributed by atoms with Crippen molar-refractivity contribution in [3.8, 4) is 0 Å². The average Bonchev–Trinajstić information content (AvgIpc) is 2.92. The predicted molar refractivity (Wildman–Crippen MR) is 155 cm³/mol. The number of sulfone groups is 1. The maximum absolute atomic E-state index is 13.4. The Balaban J connectivity index is 1.52. The Morgan fingerprint density at radius 1 is 0.949 bits per heavy atom. The van der Waals surface area contributed by atoms with Gasteiger partial charge in [-0.2, -0.15) is 0 Å². The second-order valence-electron chi connectivity index (χ2n) is 10.1. The topological polar surface area (TPSA) is 101 Å². The summed E-state index contributed by atoms with van der Waals surface area (Å²) < 4.78 is 26.7. The maximum atomic E-state index is 13.4. The number of hydrogen-bond donors (Lipinski definition) is 2.